The van der Waals surface area contributed by atoms with Gasteiger partial charge in [0.25, 0.3) is 5.56 Å². The number of esters is 1. The van der Waals surface area contributed by atoms with Gasteiger partial charge in [0.2, 0.25) is 0 Å². The van der Waals surface area contributed by atoms with Crippen LogP contribution in [0.4, 0.5) is 0 Å². The number of hydrogen-bond acceptors (Lipinski definition) is 6. The van der Waals surface area contributed by atoms with E-state index in [0.29, 0.717) is 5.69 Å². The third-order valence-electron chi connectivity index (χ3n) is 3.07. The predicted molar refractivity (Wildman–Crippen MR) is 69.4 cm³/mol. The highest BCUT2D eigenvalue weighted by Gasteiger charge is 2.35. The summed E-state index contributed by atoms with van der Waals surface area (Å²) < 4.78 is 4.87. The van der Waals surface area contributed by atoms with E-state index in [-0.39, 0.29) is 12.2 Å². The third-order valence-corrected chi connectivity index (χ3v) is 3.07. The van der Waals surface area contributed by atoms with Gasteiger partial charge in [-0.25, -0.2) is 4.79 Å². The van der Waals surface area contributed by atoms with Crippen molar-refractivity contribution in [3.8, 4) is 11.8 Å². The standard InChI is InChI=1S/C12H14N4O6/c1-3-22-11(20)6(5-4(2)15-16-10(5)19)7-8(17)13-12(21)14-9(7)18/h6H,3H2,1-2H3,(H2,15,16,19)(H3,13,14,17,18,21)/t6-/m1/s1. The van der Waals surface area contributed by atoms with E-state index in [2.05, 4.69) is 10.2 Å². The quantitative estimate of drug-likeness (QED) is 0.476. The van der Waals surface area contributed by atoms with Crippen LogP contribution in [0, 0.1) is 6.92 Å². The van der Waals surface area contributed by atoms with E-state index in [1.807, 2.05) is 9.97 Å². The van der Waals surface area contributed by atoms with Crippen molar-refractivity contribution in [2.45, 2.75) is 19.8 Å². The number of H-pyrrole nitrogens is 4. The molecule has 2 rings (SSSR count). The maximum atomic E-state index is 12.2. The van der Waals surface area contributed by atoms with Gasteiger partial charge < -0.3 is 19.9 Å². The molecular formula is C12H14N4O6. The van der Waals surface area contributed by atoms with Gasteiger partial charge in [0.1, 0.15) is 11.5 Å². The van der Waals surface area contributed by atoms with Crippen LogP contribution >= 0.6 is 0 Å². The van der Waals surface area contributed by atoms with Crippen molar-refractivity contribution < 1.29 is 24.8 Å². The number of aromatic nitrogens is 4. The Hall–Kier alpha value is -3.04. The second kappa shape index (κ2) is 5.76. The molecule has 2 aromatic rings. The zero-order valence-electron chi connectivity index (χ0n) is 11.8. The largest absolute Gasteiger partial charge is 0.860 e. The fraction of sp³-hybridized carbons (Fsp3) is 0.333. The Morgan fingerprint density at radius 2 is 2.05 bits per heavy atom. The summed E-state index contributed by atoms with van der Waals surface area (Å²) in [6.07, 6.45) is 0. The van der Waals surface area contributed by atoms with Crippen molar-refractivity contribution in [2.75, 3.05) is 6.61 Å². The molecule has 5 N–H and O–H groups in total. The third kappa shape index (κ3) is 2.57. The Kier molecular flexibility index (Phi) is 4.02. The molecule has 10 nitrogen and oxygen atoms in total. The fourth-order valence-electron chi connectivity index (χ4n) is 2.16. The summed E-state index contributed by atoms with van der Waals surface area (Å²) in [7, 11) is 0. The minimum Gasteiger partial charge on any atom is -0.860 e. The summed E-state index contributed by atoms with van der Waals surface area (Å²) in [6.45, 7) is 3.10. The number of carbonyl (C=O) groups excluding carboxylic acids is 1. The number of carbonyl (C=O) groups is 1. The first-order chi connectivity index (χ1) is 10.4. The van der Waals surface area contributed by atoms with E-state index in [4.69, 9.17) is 4.74 Å². The topological polar surface area (TPSA) is 165 Å². The van der Waals surface area contributed by atoms with Crippen LogP contribution in [-0.2, 0) is 9.53 Å². The highest BCUT2D eigenvalue weighted by Crippen LogP contribution is 2.32. The molecule has 0 aliphatic carbocycles. The lowest BCUT2D eigenvalue weighted by atomic mass is 9.92. The molecular weight excluding hydrogens is 296 g/mol. The lowest BCUT2D eigenvalue weighted by molar-refractivity contribution is -0.462. The molecule has 0 amide bonds. The van der Waals surface area contributed by atoms with Crippen LogP contribution in [0.25, 0.3) is 0 Å². The molecule has 0 spiro atoms. The molecule has 0 fully saturated rings. The Morgan fingerprint density at radius 1 is 1.36 bits per heavy atom. The van der Waals surface area contributed by atoms with Crippen LogP contribution in [0.15, 0.2) is 9.59 Å². The fourth-order valence-corrected chi connectivity index (χ4v) is 2.16. The number of aromatic hydroxyl groups is 1. The zero-order chi connectivity index (χ0) is 16.4. The van der Waals surface area contributed by atoms with Crippen molar-refractivity contribution in [1.29, 1.82) is 0 Å². The summed E-state index contributed by atoms with van der Waals surface area (Å²) in [5.41, 5.74) is -2.21. The SMILES string of the molecule is CCOC(=O)[C@H](c1c(C)[nH][nH+]c1O)c1c([O-])[nH]c(=O)[nH]c1=O. The van der Waals surface area contributed by atoms with Crippen molar-refractivity contribution in [2.24, 2.45) is 0 Å². The maximum Gasteiger partial charge on any atom is 0.393 e. The van der Waals surface area contributed by atoms with Crippen LogP contribution in [0.2, 0.25) is 0 Å². The van der Waals surface area contributed by atoms with Gasteiger partial charge in [0.05, 0.1) is 12.3 Å². The highest BCUT2D eigenvalue weighted by atomic mass is 16.5. The Labute approximate surface area is 122 Å². The van der Waals surface area contributed by atoms with Crippen LogP contribution in [0.3, 0.4) is 0 Å². The van der Waals surface area contributed by atoms with Crippen LogP contribution in [-0.4, -0.2) is 32.7 Å². The van der Waals surface area contributed by atoms with Crippen molar-refractivity contribution >= 4 is 5.97 Å². The first-order valence-corrected chi connectivity index (χ1v) is 6.36. The van der Waals surface area contributed by atoms with Gasteiger partial charge in [0.15, 0.2) is 0 Å². The number of ether oxygens (including phenoxy) is 1. The maximum absolute atomic E-state index is 12.2. The van der Waals surface area contributed by atoms with Crippen LogP contribution in [0.5, 0.6) is 11.8 Å². The summed E-state index contributed by atoms with van der Waals surface area (Å²) in [5.74, 6) is -3.81. The Bertz CT molecular complexity index is 798. The van der Waals surface area contributed by atoms with Crippen molar-refractivity contribution in [3.63, 3.8) is 0 Å². The molecule has 0 saturated heterocycles. The highest BCUT2D eigenvalue weighted by molar-refractivity contribution is 5.83. The molecule has 2 aromatic heterocycles. The molecule has 0 aliphatic heterocycles. The smallest absolute Gasteiger partial charge is 0.393 e. The molecule has 118 valence electrons. The number of aromatic amines is 4. The van der Waals surface area contributed by atoms with Gasteiger partial charge in [-0.3, -0.25) is 14.6 Å². The predicted octanol–water partition coefficient (Wildman–Crippen LogP) is -2.01. The first-order valence-electron chi connectivity index (χ1n) is 6.36. The minimum absolute atomic E-state index is 0.00639. The number of hydrogen-bond donors (Lipinski definition) is 4. The molecule has 0 radical (unpaired) electrons. The van der Waals surface area contributed by atoms with Crippen LogP contribution in [0.1, 0.15) is 29.7 Å². The first kappa shape index (κ1) is 15.4. The van der Waals surface area contributed by atoms with E-state index < -0.39 is 40.5 Å². The average Bonchev–Trinajstić information content (AvgIpc) is 2.74. The molecule has 10 heteroatoms. The van der Waals surface area contributed by atoms with Crippen molar-refractivity contribution in [3.05, 3.63) is 37.7 Å². The van der Waals surface area contributed by atoms with E-state index in [1.165, 1.54) is 6.92 Å². The molecule has 0 saturated carbocycles. The van der Waals surface area contributed by atoms with E-state index in [1.54, 1.807) is 6.92 Å². The Morgan fingerprint density at radius 3 is 2.55 bits per heavy atom. The molecule has 0 aromatic carbocycles. The monoisotopic (exact) mass is 310 g/mol. The van der Waals surface area contributed by atoms with Gasteiger partial charge in [-0.05, 0) is 19.7 Å². The second-order valence-corrected chi connectivity index (χ2v) is 4.47. The number of nitrogens with one attached hydrogen (secondary N) is 4. The van der Waals surface area contributed by atoms with E-state index in [9.17, 15) is 24.6 Å². The normalized spacial score (nSPS) is 12.1. The summed E-state index contributed by atoms with van der Waals surface area (Å²) in [4.78, 5) is 39.0. The summed E-state index contributed by atoms with van der Waals surface area (Å²) >= 11 is 0. The molecule has 1 atom stereocenters. The summed E-state index contributed by atoms with van der Waals surface area (Å²) in [5, 5.41) is 26.7. The number of aryl methyl sites for hydroxylation is 1. The molecule has 22 heavy (non-hydrogen) atoms. The number of rotatable bonds is 4. The minimum atomic E-state index is -1.48. The van der Waals surface area contributed by atoms with Gasteiger partial charge >= 0.3 is 17.5 Å². The molecule has 0 bridgehead atoms. The van der Waals surface area contributed by atoms with E-state index in [0.717, 1.165) is 0 Å². The van der Waals surface area contributed by atoms with Crippen molar-refractivity contribution in [1.82, 2.24) is 15.1 Å². The Balaban J connectivity index is 2.73. The van der Waals surface area contributed by atoms with Crippen LogP contribution < -0.4 is 21.5 Å². The van der Waals surface area contributed by atoms with Gasteiger partial charge in [-0.2, -0.15) is 5.10 Å². The second-order valence-electron chi connectivity index (χ2n) is 4.47. The zero-order valence-corrected chi connectivity index (χ0v) is 11.8. The summed E-state index contributed by atoms with van der Waals surface area (Å²) in [6, 6.07) is 0. The molecule has 0 aliphatic rings. The molecule has 0 unspecified atom stereocenters. The van der Waals surface area contributed by atoms with E-state index >= 15 is 0 Å². The van der Waals surface area contributed by atoms with Gasteiger partial charge in [-0.15, -0.1) is 0 Å². The lowest BCUT2D eigenvalue weighted by Crippen LogP contribution is -2.32. The lowest BCUT2D eigenvalue weighted by Gasteiger charge is -2.18. The average molecular weight is 310 g/mol. The van der Waals surface area contributed by atoms with Gasteiger partial charge in [-0.1, -0.05) is 5.10 Å². The van der Waals surface area contributed by atoms with Gasteiger partial charge in [0, 0.05) is 5.56 Å². The molecule has 2 heterocycles.